The number of carbonyl (C=O) groups is 2. The van der Waals surface area contributed by atoms with Crippen LogP contribution in [0.4, 0.5) is 4.79 Å². The first-order valence-corrected chi connectivity index (χ1v) is 8.17. The zero-order chi connectivity index (χ0) is 15.2. The van der Waals surface area contributed by atoms with Gasteiger partial charge in [-0.1, -0.05) is 58.3 Å². The average Bonchev–Trinajstić information content (AvgIpc) is 2.44. The fraction of sp³-hybridized carbons (Fsp3) is 0.875. The topological polar surface area (TPSA) is 49.4 Å². The highest BCUT2D eigenvalue weighted by molar-refractivity contribution is 5.93. The van der Waals surface area contributed by atoms with Gasteiger partial charge in [-0.25, -0.2) is 4.79 Å². The number of amides is 3. The number of carbonyl (C=O) groups excluding carboxylic acids is 2. The van der Waals surface area contributed by atoms with Gasteiger partial charge in [-0.3, -0.25) is 9.69 Å². The van der Waals surface area contributed by atoms with Crippen molar-refractivity contribution >= 4 is 11.9 Å². The molecule has 3 amide bonds. The number of unbranched alkanes of at least 4 members (excludes halogenated alkanes) is 8. The van der Waals surface area contributed by atoms with E-state index in [1.165, 1.54) is 49.8 Å². The Balaban J connectivity index is 3.45. The molecular weight excluding hydrogens is 252 g/mol. The van der Waals surface area contributed by atoms with Gasteiger partial charge in [0.1, 0.15) is 0 Å². The second kappa shape index (κ2) is 12.9. The molecule has 1 N–H and O–H groups in total. The molecular formula is C16H32N2O2. The van der Waals surface area contributed by atoms with Gasteiger partial charge in [-0.05, 0) is 13.3 Å². The van der Waals surface area contributed by atoms with Crippen LogP contribution >= 0.6 is 0 Å². The minimum atomic E-state index is -0.298. The third kappa shape index (κ3) is 9.82. The maximum Gasteiger partial charge on any atom is 0.323 e. The molecule has 0 atom stereocenters. The standard InChI is InChI=1S/C16H32N2O2/c1-4-6-7-8-9-10-11-12-13-14-15(19)18(3)16(20)17-5-2/h4-14H2,1-3H3,(H,17,20). The first kappa shape index (κ1) is 18.9. The van der Waals surface area contributed by atoms with E-state index < -0.39 is 0 Å². The lowest BCUT2D eigenvalue weighted by Crippen LogP contribution is -2.40. The van der Waals surface area contributed by atoms with Crippen molar-refractivity contribution in [3.05, 3.63) is 0 Å². The number of hydrogen-bond acceptors (Lipinski definition) is 2. The van der Waals surface area contributed by atoms with Crippen molar-refractivity contribution in [3.8, 4) is 0 Å². The maximum absolute atomic E-state index is 11.7. The van der Waals surface area contributed by atoms with E-state index in [1.54, 1.807) is 7.05 Å². The van der Waals surface area contributed by atoms with Gasteiger partial charge in [0.15, 0.2) is 0 Å². The lowest BCUT2D eigenvalue weighted by Gasteiger charge is -2.15. The van der Waals surface area contributed by atoms with Gasteiger partial charge < -0.3 is 5.32 Å². The summed E-state index contributed by atoms with van der Waals surface area (Å²) in [5, 5.41) is 2.63. The highest BCUT2D eigenvalue weighted by Crippen LogP contribution is 2.11. The van der Waals surface area contributed by atoms with Gasteiger partial charge >= 0.3 is 6.03 Å². The number of rotatable bonds is 11. The molecule has 0 aromatic carbocycles. The molecule has 0 saturated carbocycles. The monoisotopic (exact) mass is 284 g/mol. The van der Waals surface area contributed by atoms with Crippen LogP contribution < -0.4 is 5.32 Å². The molecule has 0 aliphatic carbocycles. The van der Waals surface area contributed by atoms with Crippen LogP contribution in [0.2, 0.25) is 0 Å². The van der Waals surface area contributed by atoms with Crippen molar-refractivity contribution in [2.45, 2.75) is 78.1 Å². The summed E-state index contributed by atoms with van der Waals surface area (Å²) in [6.07, 6.45) is 11.6. The van der Waals surface area contributed by atoms with Gasteiger partial charge in [-0.2, -0.15) is 0 Å². The number of nitrogens with one attached hydrogen (secondary N) is 1. The number of nitrogens with zero attached hydrogens (tertiary/aromatic N) is 1. The Morgan fingerprint density at radius 3 is 1.85 bits per heavy atom. The largest absolute Gasteiger partial charge is 0.338 e. The lowest BCUT2D eigenvalue weighted by atomic mass is 10.1. The third-order valence-corrected chi connectivity index (χ3v) is 3.50. The minimum absolute atomic E-state index is 0.0844. The molecule has 0 unspecified atom stereocenters. The quantitative estimate of drug-likeness (QED) is 0.581. The normalized spacial score (nSPS) is 10.3. The maximum atomic E-state index is 11.7. The van der Waals surface area contributed by atoms with Crippen molar-refractivity contribution in [2.75, 3.05) is 13.6 Å². The molecule has 0 fully saturated rings. The van der Waals surface area contributed by atoms with Crippen LogP contribution in [0.5, 0.6) is 0 Å². The Kier molecular flexibility index (Phi) is 12.3. The number of imide groups is 1. The average molecular weight is 284 g/mol. The Labute approximate surface area is 124 Å². The van der Waals surface area contributed by atoms with Gasteiger partial charge in [0.05, 0.1) is 0 Å². The van der Waals surface area contributed by atoms with E-state index in [1.807, 2.05) is 6.92 Å². The lowest BCUT2D eigenvalue weighted by molar-refractivity contribution is -0.127. The predicted octanol–water partition coefficient (Wildman–Crippen LogP) is 4.10. The van der Waals surface area contributed by atoms with Crippen molar-refractivity contribution in [3.63, 3.8) is 0 Å². The second-order valence-electron chi connectivity index (χ2n) is 5.37. The third-order valence-electron chi connectivity index (χ3n) is 3.50. The number of hydrogen-bond donors (Lipinski definition) is 1. The van der Waals surface area contributed by atoms with E-state index in [9.17, 15) is 9.59 Å². The molecule has 0 rings (SSSR count). The van der Waals surface area contributed by atoms with Crippen molar-refractivity contribution in [1.29, 1.82) is 0 Å². The van der Waals surface area contributed by atoms with Crippen LogP contribution in [0.25, 0.3) is 0 Å². The molecule has 0 bridgehead atoms. The van der Waals surface area contributed by atoms with Gasteiger partial charge in [0, 0.05) is 20.0 Å². The first-order chi connectivity index (χ1) is 9.63. The molecule has 0 heterocycles. The molecule has 0 saturated heterocycles. The fourth-order valence-corrected chi connectivity index (χ4v) is 2.14. The summed E-state index contributed by atoms with van der Waals surface area (Å²) in [6, 6.07) is -0.298. The molecule has 0 aliphatic heterocycles. The second-order valence-corrected chi connectivity index (χ2v) is 5.37. The smallest absolute Gasteiger partial charge is 0.323 e. The van der Waals surface area contributed by atoms with Crippen LogP contribution in [0, 0.1) is 0 Å². The Bertz CT molecular complexity index is 267. The highest BCUT2D eigenvalue weighted by atomic mass is 16.2. The zero-order valence-corrected chi connectivity index (χ0v) is 13.5. The van der Waals surface area contributed by atoms with Crippen molar-refractivity contribution < 1.29 is 9.59 Å². The molecule has 20 heavy (non-hydrogen) atoms. The van der Waals surface area contributed by atoms with E-state index in [-0.39, 0.29) is 11.9 Å². The van der Waals surface area contributed by atoms with Crippen LogP contribution in [0.15, 0.2) is 0 Å². The first-order valence-electron chi connectivity index (χ1n) is 8.17. The summed E-state index contributed by atoms with van der Waals surface area (Å²) < 4.78 is 0. The predicted molar refractivity (Wildman–Crippen MR) is 83.7 cm³/mol. The molecule has 4 nitrogen and oxygen atoms in total. The van der Waals surface area contributed by atoms with Gasteiger partial charge in [0.25, 0.3) is 0 Å². The molecule has 0 aromatic rings. The van der Waals surface area contributed by atoms with E-state index in [0.29, 0.717) is 13.0 Å². The van der Waals surface area contributed by atoms with E-state index in [0.717, 1.165) is 12.8 Å². The SMILES string of the molecule is CCCCCCCCCCCC(=O)N(C)C(=O)NCC. The summed E-state index contributed by atoms with van der Waals surface area (Å²) in [4.78, 5) is 24.4. The van der Waals surface area contributed by atoms with Crippen molar-refractivity contribution in [1.82, 2.24) is 10.2 Å². The summed E-state index contributed by atoms with van der Waals surface area (Å²) in [7, 11) is 1.54. The molecule has 4 heteroatoms. The molecule has 118 valence electrons. The van der Waals surface area contributed by atoms with E-state index >= 15 is 0 Å². The van der Waals surface area contributed by atoms with Crippen LogP contribution in [0.3, 0.4) is 0 Å². The Morgan fingerprint density at radius 2 is 1.35 bits per heavy atom. The number of urea groups is 1. The summed E-state index contributed by atoms with van der Waals surface area (Å²) in [5.41, 5.74) is 0. The van der Waals surface area contributed by atoms with Crippen LogP contribution in [-0.2, 0) is 4.79 Å². The Morgan fingerprint density at radius 1 is 0.850 bits per heavy atom. The molecule has 0 aromatic heterocycles. The van der Waals surface area contributed by atoms with Gasteiger partial charge in [0.2, 0.25) is 5.91 Å². The minimum Gasteiger partial charge on any atom is -0.338 e. The van der Waals surface area contributed by atoms with Crippen LogP contribution in [0.1, 0.15) is 78.1 Å². The summed E-state index contributed by atoms with van der Waals surface area (Å²) >= 11 is 0. The molecule has 0 radical (unpaired) electrons. The molecule has 0 aliphatic rings. The highest BCUT2D eigenvalue weighted by Gasteiger charge is 2.14. The molecule has 0 spiro atoms. The Hall–Kier alpha value is -1.06. The zero-order valence-electron chi connectivity index (χ0n) is 13.5. The van der Waals surface area contributed by atoms with E-state index in [2.05, 4.69) is 12.2 Å². The van der Waals surface area contributed by atoms with Gasteiger partial charge in [-0.15, -0.1) is 0 Å². The summed E-state index contributed by atoms with van der Waals surface area (Å²) in [6.45, 7) is 4.63. The van der Waals surface area contributed by atoms with Crippen molar-refractivity contribution in [2.24, 2.45) is 0 Å². The fourth-order valence-electron chi connectivity index (χ4n) is 2.14. The van der Waals surface area contributed by atoms with Crippen LogP contribution in [-0.4, -0.2) is 30.4 Å². The summed E-state index contributed by atoms with van der Waals surface area (Å²) in [5.74, 6) is -0.0844. The van der Waals surface area contributed by atoms with E-state index in [4.69, 9.17) is 0 Å².